The van der Waals surface area contributed by atoms with Gasteiger partial charge in [-0.15, -0.1) is 12.4 Å². The summed E-state index contributed by atoms with van der Waals surface area (Å²) in [5, 5.41) is 6.24. The topological polar surface area (TPSA) is 59.6 Å². The SMILES string of the molecule is Cl.O=C(COc1ccc(OCc2ccccc2)cc1)NCC1CCCN1. The number of benzene rings is 2. The largest absolute Gasteiger partial charge is 0.489 e. The van der Waals surface area contributed by atoms with Gasteiger partial charge in [0.15, 0.2) is 6.61 Å². The van der Waals surface area contributed by atoms with Crippen LogP contribution in [0.25, 0.3) is 0 Å². The first kappa shape index (κ1) is 20.1. The number of rotatable bonds is 8. The number of halogens is 1. The summed E-state index contributed by atoms with van der Waals surface area (Å²) < 4.78 is 11.2. The van der Waals surface area contributed by atoms with E-state index in [9.17, 15) is 4.79 Å². The molecule has 2 aromatic carbocycles. The van der Waals surface area contributed by atoms with Crippen molar-refractivity contribution in [2.45, 2.75) is 25.5 Å². The molecule has 1 atom stereocenters. The normalized spacial score (nSPS) is 15.8. The molecule has 26 heavy (non-hydrogen) atoms. The molecule has 1 unspecified atom stereocenters. The summed E-state index contributed by atoms with van der Waals surface area (Å²) in [6.45, 7) is 2.25. The van der Waals surface area contributed by atoms with Gasteiger partial charge in [-0.1, -0.05) is 30.3 Å². The summed E-state index contributed by atoms with van der Waals surface area (Å²) in [4.78, 5) is 11.8. The quantitative estimate of drug-likeness (QED) is 0.743. The fourth-order valence-electron chi connectivity index (χ4n) is 2.74. The Morgan fingerprint density at radius 1 is 1.04 bits per heavy atom. The molecule has 2 N–H and O–H groups in total. The van der Waals surface area contributed by atoms with Crippen molar-refractivity contribution in [1.82, 2.24) is 10.6 Å². The van der Waals surface area contributed by atoms with Crippen LogP contribution >= 0.6 is 12.4 Å². The predicted octanol–water partition coefficient (Wildman–Crippen LogP) is 2.93. The molecule has 0 aliphatic carbocycles. The Labute approximate surface area is 160 Å². The van der Waals surface area contributed by atoms with E-state index in [-0.39, 0.29) is 24.9 Å². The Bertz CT molecular complexity index is 659. The summed E-state index contributed by atoms with van der Waals surface area (Å²) in [5.41, 5.74) is 1.12. The molecule has 5 nitrogen and oxygen atoms in total. The first-order chi connectivity index (χ1) is 12.3. The van der Waals surface area contributed by atoms with Gasteiger partial charge in [-0.25, -0.2) is 0 Å². The van der Waals surface area contributed by atoms with Crippen LogP contribution in [0.4, 0.5) is 0 Å². The number of hydrogen-bond acceptors (Lipinski definition) is 4. The summed E-state index contributed by atoms with van der Waals surface area (Å²) in [6, 6.07) is 17.7. The van der Waals surface area contributed by atoms with Crippen LogP contribution in [0.1, 0.15) is 18.4 Å². The van der Waals surface area contributed by atoms with Crippen molar-refractivity contribution in [1.29, 1.82) is 0 Å². The van der Waals surface area contributed by atoms with Crippen LogP contribution in [0.3, 0.4) is 0 Å². The van der Waals surface area contributed by atoms with E-state index in [4.69, 9.17) is 9.47 Å². The molecule has 140 valence electrons. The van der Waals surface area contributed by atoms with E-state index in [1.807, 2.05) is 54.6 Å². The standard InChI is InChI=1S/C20H24N2O3.ClH/c23-20(22-13-17-7-4-12-21-17)15-25-19-10-8-18(9-11-19)24-14-16-5-2-1-3-6-16;/h1-3,5-6,8-11,17,21H,4,7,12-15H2,(H,22,23);1H. The molecular formula is C20H25ClN2O3. The van der Waals surface area contributed by atoms with Crippen molar-refractivity contribution in [3.63, 3.8) is 0 Å². The van der Waals surface area contributed by atoms with E-state index in [0.29, 0.717) is 24.9 Å². The van der Waals surface area contributed by atoms with Crippen LogP contribution in [-0.2, 0) is 11.4 Å². The van der Waals surface area contributed by atoms with Gasteiger partial charge in [0, 0.05) is 12.6 Å². The second-order valence-electron chi connectivity index (χ2n) is 6.13. The molecule has 0 aromatic heterocycles. The molecule has 1 fully saturated rings. The lowest BCUT2D eigenvalue weighted by molar-refractivity contribution is -0.123. The van der Waals surface area contributed by atoms with E-state index in [1.165, 1.54) is 6.42 Å². The monoisotopic (exact) mass is 376 g/mol. The number of ether oxygens (including phenoxy) is 2. The molecule has 3 rings (SSSR count). The van der Waals surface area contributed by atoms with Gasteiger partial charge in [-0.2, -0.15) is 0 Å². The van der Waals surface area contributed by atoms with Crippen LogP contribution in [0.5, 0.6) is 11.5 Å². The maximum Gasteiger partial charge on any atom is 0.257 e. The van der Waals surface area contributed by atoms with E-state index in [1.54, 1.807) is 0 Å². The average Bonchev–Trinajstić information content (AvgIpc) is 3.18. The summed E-state index contributed by atoms with van der Waals surface area (Å²) >= 11 is 0. The van der Waals surface area contributed by atoms with E-state index >= 15 is 0 Å². The zero-order valence-electron chi connectivity index (χ0n) is 14.6. The zero-order valence-corrected chi connectivity index (χ0v) is 15.5. The third kappa shape index (κ3) is 6.58. The highest BCUT2D eigenvalue weighted by atomic mass is 35.5. The molecule has 2 aromatic rings. The van der Waals surface area contributed by atoms with Gasteiger partial charge in [-0.3, -0.25) is 4.79 Å². The summed E-state index contributed by atoms with van der Waals surface area (Å²) in [6.07, 6.45) is 2.29. The van der Waals surface area contributed by atoms with Gasteiger partial charge in [0.05, 0.1) is 0 Å². The van der Waals surface area contributed by atoms with Gasteiger partial charge in [0.2, 0.25) is 0 Å². The maximum absolute atomic E-state index is 11.8. The van der Waals surface area contributed by atoms with Crippen LogP contribution < -0.4 is 20.1 Å². The molecule has 1 amide bonds. The molecule has 0 radical (unpaired) electrons. The molecule has 6 heteroatoms. The molecule has 1 aliphatic heterocycles. The minimum atomic E-state index is -0.0990. The van der Waals surface area contributed by atoms with Crippen molar-refractivity contribution in [3.8, 4) is 11.5 Å². The van der Waals surface area contributed by atoms with E-state index < -0.39 is 0 Å². The zero-order chi connectivity index (χ0) is 17.3. The van der Waals surface area contributed by atoms with Crippen LogP contribution in [0.2, 0.25) is 0 Å². The van der Waals surface area contributed by atoms with Crippen molar-refractivity contribution in [2.75, 3.05) is 19.7 Å². The summed E-state index contributed by atoms with van der Waals surface area (Å²) in [5.74, 6) is 1.33. The van der Waals surface area contributed by atoms with Gasteiger partial charge in [-0.05, 0) is 49.2 Å². The fourth-order valence-corrected chi connectivity index (χ4v) is 2.74. The van der Waals surface area contributed by atoms with Gasteiger partial charge < -0.3 is 20.1 Å². The Kier molecular flexibility index (Phi) is 8.25. The van der Waals surface area contributed by atoms with Crippen molar-refractivity contribution in [3.05, 3.63) is 60.2 Å². The molecule has 1 saturated heterocycles. The number of carbonyl (C=O) groups excluding carboxylic acids is 1. The molecule has 0 spiro atoms. The minimum Gasteiger partial charge on any atom is -0.489 e. The number of carbonyl (C=O) groups is 1. The fraction of sp³-hybridized carbons (Fsp3) is 0.350. The molecule has 1 aliphatic rings. The molecule has 0 saturated carbocycles. The number of nitrogens with one attached hydrogen (secondary N) is 2. The second-order valence-corrected chi connectivity index (χ2v) is 6.13. The van der Waals surface area contributed by atoms with Crippen LogP contribution in [-0.4, -0.2) is 31.6 Å². The minimum absolute atomic E-state index is 0. The Morgan fingerprint density at radius 2 is 1.73 bits per heavy atom. The van der Waals surface area contributed by atoms with Gasteiger partial charge in [0.25, 0.3) is 5.91 Å². The average molecular weight is 377 g/mol. The molecular weight excluding hydrogens is 352 g/mol. The van der Waals surface area contributed by atoms with Crippen molar-refractivity contribution >= 4 is 18.3 Å². The van der Waals surface area contributed by atoms with Gasteiger partial charge in [0.1, 0.15) is 18.1 Å². The smallest absolute Gasteiger partial charge is 0.257 e. The predicted molar refractivity (Wildman–Crippen MR) is 104 cm³/mol. The highest BCUT2D eigenvalue weighted by molar-refractivity contribution is 5.85. The third-order valence-electron chi connectivity index (χ3n) is 4.15. The number of amides is 1. The van der Waals surface area contributed by atoms with Crippen molar-refractivity contribution in [2.24, 2.45) is 0 Å². The first-order valence-electron chi connectivity index (χ1n) is 8.69. The Morgan fingerprint density at radius 3 is 2.38 bits per heavy atom. The van der Waals surface area contributed by atoms with E-state index in [2.05, 4.69) is 10.6 Å². The first-order valence-corrected chi connectivity index (χ1v) is 8.69. The number of hydrogen-bond donors (Lipinski definition) is 2. The summed E-state index contributed by atoms with van der Waals surface area (Å²) in [7, 11) is 0. The third-order valence-corrected chi connectivity index (χ3v) is 4.15. The molecule has 0 bridgehead atoms. The highest BCUT2D eigenvalue weighted by Crippen LogP contribution is 2.18. The Hall–Kier alpha value is -2.24. The van der Waals surface area contributed by atoms with Crippen LogP contribution in [0.15, 0.2) is 54.6 Å². The highest BCUT2D eigenvalue weighted by Gasteiger charge is 2.14. The van der Waals surface area contributed by atoms with Crippen LogP contribution in [0, 0.1) is 0 Å². The second kappa shape index (κ2) is 10.7. The maximum atomic E-state index is 11.8. The van der Waals surface area contributed by atoms with Gasteiger partial charge >= 0.3 is 0 Å². The lowest BCUT2D eigenvalue weighted by atomic mass is 10.2. The molecule has 1 heterocycles. The van der Waals surface area contributed by atoms with Crippen molar-refractivity contribution < 1.29 is 14.3 Å². The lowest BCUT2D eigenvalue weighted by Crippen LogP contribution is -2.39. The lowest BCUT2D eigenvalue weighted by Gasteiger charge is -2.12. The van der Waals surface area contributed by atoms with E-state index in [0.717, 1.165) is 24.3 Å². The Balaban J connectivity index is 0.00000243.